The van der Waals surface area contributed by atoms with Crippen molar-refractivity contribution in [3.63, 3.8) is 0 Å². The number of nitrogens with one attached hydrogen (secondary N) is 1. The molecule has 0 bridgehead atoms. The van der Waals surface area contributed by atoms with E-state index >= 15 is 0 Å². The Morgan fingerprint density at radius 2 is 2.11 bits per heavy atom. The average Bonchev–Trinajstić information content (AvgIpc) is 2.36. The predicted molar refractivity (Wildman–Crippen MR) is 70.7 cm³/mol. The molecule has 2 rings (SSSR count). The number of pyridine rings is 1. The van der Waals surface area contributed by atoms with Crippen molar-refractivity contribution in [3.8, 4) is 0 Å². The Balaban J connectivity index is 2.10. The normalized spacial score (nSPS) is 10.2. The van der Waals surface area contributed by atoms with Gasteiger partial charge in [0.15, 0.2) is 0 Å². The lowest BCUT2D eigenvalue weighted by atomic mass is 10.3. The molecule has 0 aliphatic heterocycles. The third kappa shape index (κ3) is 3.42. The predicted octanol–water partition coefficient (Wildman–Crippen LogP) is 2.28. The van der Waals surface area contributed by atoms with Gasteiger partial charge in [-0.15, -0.1) is 0 Å². The zero-order valence-corrected chi connectivity index (χ0v) is 10.5. The maximum absolute atomic E-state index is 12.8. The Morgan fingerprint density at radius 3 is 2.79 bits per heavy atom. The molecular weight excluding hydrogens is 271 g/mol. The van der Waals surface area contributed by atoms with Gasteiger partial charge < -0.3 is 9.88 Å². The summed E-state index contributed by atoms with van der Waals surface area (Å²) >= 11 is 5.78. The minimum Gasteiger partial charge on any atom is -0.323 e. The number of nitrogens with zero attached hydrogens (tertiary/aromatic N) is 1. The van der Waals surface area contributed by atoms with E-state index in [0.717, 1.165) is 6.07 Å². The smallest absolute Gasteiger partial charge is 0.250 e. The van der Waals surface area contributed by atoms with Crippen molar-refractivity contribution in [2.45, 2.75) is 6.54 Å². The molecule has 19 heavy (non-hydrogen) atoms. The lowest BCUT2D eigenvalue weighted by Gasteiger charge is -2.08. The monoisotopic (exact) mass is 280 g/mol. The largest absolute Gasteiger partial charge is 0.323 e. The minimum absolute atomic E-state index is 0.105. The van der Waals surface area contributed by atoms with Gasteiger partial charge in [-0.1, -0.05) is 17.7 Å². The number of carbonyl (C=O) groups is 1. The molecule has 1 N–H and O–H groups in total. The molecule has 4 nitrogen and oxygen atoms in total. The third-order valence-corrected chi connectivity index (χ3v) is 2.73. The van der Waals surface area contributed by atoms with E-state index in [1.165, 1.54) is 29.0 Å². The Kier molecular flexibility index (Phi) is 3.97. The summed E-state index contributed by atoms with van der Waals surface area (Å²) in [5.41, 5.74) is 0.0277. The minimum atomic E-state index is -0.484. The van der Waals surface area contributed by atoms with Gasteiger partial charge in [-0.05, 0) is 24.3 Å². The van der Waals surface area contributed by atoms with Gasteiger partial charge in [0.25, 0.3) is 5.56 Å². The fourth-order valence-electron chi connectivity index (χ4n) is 1.53. The quantitative estimate of drug-likeness (QED) is 0.938. The van der Waals surface area contributed by atoms with Gasteiger partial charge >= 0.3 is 0 Å². The topological polar surface area (TPSA) is 51.1 Å². The summed E-state index contributed by atoms with van der Waals surface area (Å²) in [6.45, 7) is -0.132. The average molecular weight is 281 g/mol. The summed E-state index contributed by atoms with van der Waals surface area (Å²) in [6, 6.07) is 8.26. The Labute approximate surface area is 113 Å². The van der Waals surface area contributed by atoms with Gasteiger partial charge in [0.05, 0.1) is 10.7 Å². The van der Waals surface area contributed by atoms with Gasteiger partial charge in [0.2, 0.25) is 5.91 Å². The van der Waals surface area contributed by atoms with Crippen molar-refractivity contribution < 1.29 is 9.18 Å². The van der Waals surface area contributed by atoms with Gasteiger partial charge in [-0.25, -0.2) is 4.39 Å². The number of rotatable bonds is 3. The molecule has 0 unspecified atom stereocenters. The second-order valence-electron chi connectivity index (χ2n) is 3.84. The van der Waals surface area contributed by atoms with Crippen LogP contribution in [-0.2, 0) is 11.3 Å². The molecule has 1 heterocycles. The van der Waals surface area contributed by atoms with Crippen LogP contribution in [0.2, 0.25) is 5.02 Å². The standard InChI is InChI=1S/C13H10ClFN2O2/c14-10-7-9(15)4-5-11(10)16-12(18)8-17-6-2-1-3-13(17)19/h1-7H,8H2,(H,16,18). The van der Waals surface area contributed by atoms with E-state index in [0.29, 0.717) is 5.69 Å². The van der Waals surface area contributed by atoms with Crippen molar-refractivity contribution >= 4 is 23.2 Å². The summed E-state index contributed by atoms with van der Waals surface area (Å²) in [6.07, 6.45) is 1.51. The Bertz CT molecular complexity index is 670. The maximum Gasteiger partial charge on any atom is 0.250 e. The summed E-state index contributed by atoms with van der Waals surface area (Å²) in [5.74, 6) is -0.899. The van der Waals surface area contributed by atoms with Gasteiger partial charge in [0, 0.05) is 12.3 Å². The summed E-state index contributed by atoms with van der Waals surface area (Å²) < 4.78 is 14.1. The van der Waals surface area contributed by atoms with Crippen LogP contribution in [0.4, 0.5) is 10.1 Å². The van der Waals surface area contributed by atoms with Crippen LogP contribution in [-0.4, -0.2) is 10.5 Å². The van der Waals surface area contributed by atoms with Crippen LogP contribution < -0.4 is 10.9 Å². The van der Waals surface area contributed by atoms with E-state index < -0.39 is 11.7 Å². The SMILES string of the molecule is O=C(Cn1ccccc1=O)Nc1ccc(F)cc1Cl. The van der Waals surface area contributed by atoms with Crippen molar-refractivity contribution in [1.29, 1.82) is 0 Å². The number of anilines is 1. The van der Waals surface area contributed by atoms with Crippen LogP contribution in [0.25, 0.3) is 0 Å². The van der Waals surface area contributed by atoms with Crippen LogP contribution in [0.1, 0.15) is 0 Å². The summed E-state index contributed by atoms with van der Waals surface area (Å²) in [4.78, 5) is 23.2. The second-order valence-corrected chi connectivity index (χ2v) is 4.25. The van der Waals surface area contributed by atoms with Crippen LogP contribution in [0.3, 0.4) is 0 Å². The molecule has 0 atom stereocenters. The van der Waals surface area contributed by atoms with E-state index in [1.807, 2.05) is 0 Å². The number of carbonyl (C=O) groups excluding carboxylic acids is 1. The molecule has 0 radical (unpaired) electrons. The molecule has 0 aliphatic rings. The highest BCUT2D eigenvalue weighted by atomic mass is 35.5. The molecule has 0 saturated carbocycles. The van der Waals surface area contributed by atoms with Crippen molar-refractivity contribution in [3.05, 3.63) is 63.8 Å². The highest BCUT2D eigenvalue weighted by molar-refractivity contribution is 6.33. The van der Waals surface area contributed by atoms with Gasteiger partial charge in [-0.2, -0.15) is 0 Å². The summed E-state index contributed by atoms with van der Waals surface area (Å²) in [5, 5.41) is 2.62. The fraction of sp³-hybridized carbons (Fsp3) is 0.0769. The van der Waals surface area contributed by atoms with E-state index in [9.17, 15) is 14.0 Å². The van der Waals surface area contributed by atoms with Crippen molar-refractivity contribution in [2.75, 3.05) is 5.32 Å². The van der Waals surface area contributed by atoms with Gasteiger partial charge in [-0.3, -0.25) is 9.59 Å². The zero-order valence-electron chi connectivity index (χ0n) is 9.77. The molecular formula is C13H10ClFN2O2. The lowest BCUT2D eigenvalue weighted by molar-refractivity contribution is -0.116. The molecule has 2 aromatic rings. The maximum atomic E-state index is 12.8. The number of hydrogen-bond acceptors (Lipinski definition) is 2. The number of amides is 1. The molecule has 0 saturated heterocycles. The van der Waals surface area contributed by atoms with Crippen LogP contribution in [0, 0.1) is 5.82 Å². The van der Waals surface area contributed by atoms with E-state index in [2.05, 4.69) is 5.32 Å². The second kappa shape index (κ2) is 5.67. The molecule has 1 amide bonds. The van der Waals surface area contributed by atoms with E-state index in [1.54, 1.807) is 12.1 Å². The molecule has 0 fully saturated rings. The van der Waals surface area contributed by atoms with Crippen LogP contribution in [0.15, 0.2) is 47.4 Å². The Morgan fingerprint density at radius 1 is 1.32 bits per heavy atom. The molecule has 98 valence electrons. The zero-order chi connectivity index (χ0) is 13.8. The first-order valence-corrected chi connectivity index (χ1v) is 5.84. The molecule has 1 aromatic heterocycles. The molecule has 1 aromatic carbocycles. The number of benzene rings is 1. The van der Waals surface area contributed by atoms with Gasteiger partial charge in [0.1, 0.15) is 12.4 Å². The first kappa shape index (κ1) is 13.3. The Hall–Kier alpha value is -2.14. The number of halogens is 2. The first-order chi connectivity index (χ1) is 9.06. The summed E-state index contributed by atoms with van der Waals surface area (Å²) in [7, 11) is 0. The highest BCUT2D eigenvalue weighted by Crippen LogP contribution is 2.22. The van der Waals surface area contributed by atoms with Crippen molar-refractivity contribution in [2.24, 2.45) is 0 Å². The van der Waals surface area contributed by atoms with E-state index in [4.69, 9.17) is 11.6 Å². The van der Waals surface area contributed by atoms with Crippen LogP contribution >= 0.6 is 11.6 Å². The number of hydrogen-bond donors (Lipinski definition) is 1. The molecule has 0 spiro atoms. The first-order valence-electron chi connectivity index (χ1n) is 5.46. The highest BCUT2D eigenvalue weighted by Gasteiger charge is 2.07. The fourth-order valence-corrected chi connectivity index (χ4v) is 1.74. The third-order valence-electron chi connectivity index (χ3n) is 2.42. The molecule has 6 heteroatoms. The number of aromatic nitrogens is 1. The van der Waals surface area contributed by atoms with Crippen molar-refractivity contribution in [1.82, 2.24) is 4.57 Å². The lowest BCUT2D eigenvalue weighted by Crippen LogP contribution is -2.26. The molecule has 0 aliphatic carbocycles. The van der Waals surface area contributed by atoms with Crippen LogP contribution in [0.5, 0.6) is 0 Å². The van der Waals surface area contributed by atoms with E-state index in [-0.39, 0.29) is 17.1 Å².